The second-order valence-corrected chi connectivity index (χ2v) is 8.35. The van der Waals surface area contributed by atoms with Gasteiger partial charge in [0.2, 0.25) is 10.0 Å². The minimum atomic E-state index is -3.93. The Balaban J connectivity index is 1.80. The lowest BCUT2D eigenvalue weighted by Gasteiger charge is -2.26. The number of benzene rings is 2. The van der Waals surface area contributed by atoms with Crippen LogP contribution in [0, 0.1) is 0 Å². The molecule has 0 aromatic heterocycles. The minimum Gasteiger partial charge on any atom is -0.495 e. The molecule has 31 heavy (non-hydrogen) atoms. The summed E-state index contributed by atoms with van der Waals surface area (Å²) in [7, 11) is -2.61. The predicted octanol–water partition coefficient (Wildman–Crippen LogP) is 2.67. The minimum absolute atomic E-state index is 0.0279. The first-order valence-corrected chi connectivity index (χ1v) is 10.7. The van der Waals surface area contributed by atoms with Crippen LogP contribution in [0.3, 0.4) is 0 Å². The lowest BCUT2D eigenvalue weighted by atomic mass is 10.2. The normalized spacial score (nSPS) is 15.0. The predicted molar refractivity (Wildman–Crippen MR) is 105 cm³/mol. The molecule has 0 bridgehead atoms. The summed E-state index contributed by atoms with van der Waals surface area (Å²) in [6.07, 6.45) is 0. The van der Waals surface area contributed by atoms with Gasteiger partial charge >= 0.3 is 12.6 Å². The van der Waals surface area contributed by atoms with Crippen LogP contribution in [0.2, 0.25) is 0 Å². The van der Waals surface area contributed by atoms with Crippen LogP contribution in [0.5, 0.6) is 11.5 Å². The van der Waals surface area contributed by atoms with Crippen molar-refractivity contribution in [2.24, 2.45) is 0 Å². The maximum absolute atomic E-state index is 13.0. The van der Waals surface area contributed by atoms with Crippen molar-refractivity contribution in [2.75, 3.05) is 33.4 Å². The highest BCUT2D eigenvalue weighted by Gasteiger charge is 2.30. The number of carbonyl (C=O) groups is 1. The molecule has 0 aliphatic carbocycles. The highest BCUT2D eigenvalue weighted by molar-refractivity contribution is 7.89. The van der Waals surface area contributed by atoms with Gasteiger partial charge in [-0.15, -0.1) is 0 Å². The number of para-hydroxylation sites is 1. The number of sulfonamides is 1. The number of morpholine rings is 1. The van der Waals surface area contributed by atoms with E-state index in [2.05, 4.69) is 4.74 Å². The van der Waals surface area contributed by atoms with E-state index in [-0.39, 0.29) is 60.4 Å². The topological polar surface area (TPSA) is 91.4 Å². The van der Waals surface area contributed by atoms with Crippen LogP contribution in [-0.2, 0) is 26.1 Å². The molecule has 1 heterocycles. The second kappa shape index (κ2) is 10.0. The number of carbonyl (C=O) groups excluding carboxylic acids is 1. The fourth-order valence-corrected chi connectivity index (χ4v) is 4.58. The first-order valence-electron chi connectivity index (χ1n) is 9.28. The molecule has 0 N–H and O–H groups in total. The number of methoxy groups -OCH3 is 1. The maximum Gasteiger partial charge on any atom is 0.387 e. The molecule has 11 heteroatoms. The zero-order valence-electron chi connectivity index (χ0n) is 16.6. The van der Waals surface area contributed by atoms with Gasteiger partial charge in [0.1, 0.15) is 23.0 Å². The van der Waals surface area contributed by atoms with Gasteiger partial charge < -0.3 is 18.9 Å². The number of alkyl halides is 2. The van der Waals surface area contributed by atoms with Crippen molar-refractivity contribution in [3.8, 4) is 11.5 Å². The Hall–Kier alpha value is -2.76. The SMILES string of the molecule is COc1ccc(C(=O)OCc2ccccc2OC(F)F)cc1S(=O)(=O)N1CCOCC1. The average molecular weight is 457 g/mol. The monoisotopic (exact) mass is 457 g/mol. The number of halogens is 2. The first kappa shape index (κ1) is 22.9. The Labute approximate surface area is 178 Å². The zero-order chi connectivity index (χ0) is 22.4. The van der Waals surface area contributed by atoms with Crippen molar-refractivity contribution in [2.45, 2.75) is 18.1 Å². The summed E-state index contributed by atoms with van der Waals surface area (Å²) in [5.74, 6) is -0.859. The Morgan fingerprint density at radius 1 is 1.13 bits per heavy atom. The van der Waals surface area contributed by atoms with Gasteiger partial charge in [-0.25, -0.2) is 13.2 Å². The number of esters is 1. The van der Waals surface area contributed by atoms with Gasteiger partial charge in [-0.05, 0) is 24.3 Å². The summed E-state index contributed by atoms with van der Waals surface area (Å²) in [6, 6.07) is 9.80. The quantitative estimate of drug-likeness (QED) is 0.563. The molecule has 2 aromatic carbocycles. The van der Waals surface area contributed by atoms with E-state index in [1.54, 1.807) is 6.07 Å². The van der Waals surface area contributed by atoms with E-state index in [1.807, 2.05) is 0 Å². The summed E-state index contributed by atoms with van der Waals surface area (Å²) in [5, 5.41) is 0. The fourth-order valence-electron chi connectivity index (χ4n) is 2.99. The summed E-state index contributed by atoms with van der Waals surface area (Å²) in [5.41, 5.74) is 0.214. The standard InChI is InChI=1S/C20H21F2NO7S/c1-27-17-7-6-14(12-18(17)31(25,26)23-8-10-28-11-9-23)19(24)29-13-15-4-2-3-5-16(15)30-20(21)22/h2-7,12,20H,8-11,13H2,1H3. The van der Waals surface area contributed by atoms with E-state index < -0.39 is 22.6 Å². The third-order valence-electron chi connectivity index (χ3n) is 4.53. The molecular weight excluding hydrogens is 436 g/mol. The van der Waals surface area contributed by atoms with Gasteiger partial charge in [0.25, 0.3) is 0 Å². The molecule has 1 saturated heterocycles. The lowest BCUT2D eigenvalue weighted by molar-refractivity contribution is -0.0510. The van der Waals surface area contributed by atoms with E-state index >= 15 is 0 Å². The Kier molecular flexibility index (Phi) is 7.42. The van der Waals surface area contributed by atoms with E-state index in [0.717, 1.165) is 0 Å². The summed E-state index contributed by atoms with van der Waals surface area (Å²) in [4.78, 5) is 12.4. The molecule has 0 saturated carbocycles. The molecule has 3 rings (SSSR count). The number of rotatable bonds is 8. The lowest BCUT2D eigenvalue weighted by Crippen LogP contribution is -2.40. The molecule has 1 aliphatic heterocycles. The van der Waals surface area contributed by atoms with Gasteiger partial charge in [0.05, 0.1) is 25.9 Å². The van der Waals surface area contributed by atoms with Gasteiger partial charge in [-0.2, -0.15) is 13.1 Å². The summed E-state index contributed by atoms with van der Waals surface area (Å²) >= 11 is 0. The molecule has 1 fully saturated rings. The molecule has 168 valence electrons. The van der Waals surface area contributed by atoms with Crippen LogP contribution >= 0.6 is 0 Å². The maximum atomic E-state index is 13.0. The second-order valence-electron chi connectivity index (χ2n) is 6.44. The van der Waals surface area contributed by atoms with E-state index in [4.69, 9.17) is 14.2 Å². The van der Waals surface area contributed by atoms with E-state index in [9.17, 15) is 22.0 Å². The summed E-state index contributed by atoms with van der Waals surface area (Å²) < 4.78 is 72.3. The van der Waals surface area contributed by atoms with Crippen LogP contribution in [0.1, 0.15) is 15.9 Å². The average Bonchev–Trinajstić information content (AvgIpc) is 2.78. The number of hydrogen-bond donors (Lipinski definition) is 0. The summed E-state index contributed by atoms with van der Waals surface area (Å²) in [6.45, 7) is -2.46. The Morgan fingerprint density at radius 3 is 2.52 bits per heavy atom. The van der Waals surface area contributed by atoms with Crippen molar-refractivity contribution >= 4 is 16.0 Å². The Morgan fingerprint density at radius 2 is 1.84 bits per heavy atom. The van der Waals surface area contributed by atoms with Gasteiger partial charge in [-0.1, -0.05) is 18.2 Å². The molecule has 0 atom stereocenters. The van der Waals surface area contributed by atoms with Crippen LogP contribution in [0.15, 0.2) is 47.4 Å². The number of nitrogens with zero attached hydrogens (tertiary/aromatic N) is 1. The fraction of sp³-hybridized carbons (Fsp3) is 0.350. The smallest absolute Gasteiger partial charge is 0.387 e. The van der Waals surface area contributed by atoms with E-state index in [0.29, 0.717) is 0 Å². The highest BCUT2D eigenvalue weighted by Crippen LogP contribution is 2.29. The molecule has 1 aliphatic rings. The molecule has 8 nitrogen and oxygen atoms in total. The van der Waals surface area contributed by atoms with Crippen LogP contribution in [0.25, 0.3) is 0 Å². The van der Waals surface area contributed by atoms with E-state index in [1.165, 1.54) is 47.8 Å². The zero-order valence-corrected chi connectivity index (χ0v) is 17.4. The highest BCUT2D eigenvalue weighted by atomic mass is 32.2. The van der Waals surface area contributed by atoms with Crippen LogP contribution in [0.4, 0.5) is 8.78 Å². The third kappa shape index (κ3) is 5.49. The van der Waals surface area contributed by atoms with Crippen LogP contribution < -0.4 is 9.47 Å². The van der Waals surface area contributed by atoms with Crippen LogP contribution in [-0.4, -0.2) is 58.7 Å². The Bertz CT molecular complexity index is 1020. The van der Waals surface area contributed by atoms with Crippen molar-refractivity contribution in [3.05, 3.63) is 53.6 Å². The first-order chi connectivity index (χ1) is 14.8. The molecular formula is C20H21F2NO7S. The molecule has 2 aromatic rings. The van der Waals surface area contributed by atoms with Gasteiger partial charge in [0, 0.05) is 18.7 Å². The number of hydrogen-bond acceptors (Lipinski definition) is 7. The van der Waals surface area contributed by atoms with Crippen molar-refractivity contribution < 1.29 is 40.9 Å². The largest absolute Gasteiger partial charge is 0.495 e. The van der Waals surface area contributed by atoms with Crippen molar-refractivity contribution in [3.63, 3.8) is 0 Å². The van der Waals surface area contributed by atoms with Gasteiger partial charge in [0.15, 0.2) is 0 Å². The van der Waals surface area contributed by atoms with Gasteiger partial charge in [-0.3, -0.25) is 0 Å². The van der Waals surface area contributed by atoms with Crippen molar-refractivity contribution in [1.82, 2.24) is 4.31 Å². The molecule has 0 unspecified atom stereocenters. The third-order valence-corrected chi connectivity index (χ3v) is 6.45. The molecule has 0 spiro atoms. The van der Waals surface area contributed by atoms with Crippen molar-refractivity contribution in [1.29, 1.82) is 0 Å². The number of ether oxygens (including phenoxy) is 4. The molecule has 0 radical (unpaired) electrons. The molecule has 0 amide bonds.